The highest BCUT2D eigenvalue weighted by Crippen LogP contribution is 2.28. The number of hydrogen-bond donors (Lipinski definition) is 2. The number of fused-ring (bicyclic) bond motifs is 2. The monoisotopic (exact) mass is 464 g/mol. The molecule has 0 fully saturated rings. The van der Waals surface area contributed by atoms with Crippen LogP contribution in [-0.4, -0.2) is 43.3 Å². The average Bonchev–Trinajstić information content (AvgIpc) is 2.79. The molecular formula is C27H32N2O5. The van der Waals surface area contributed by atoms with E-state index in [9.17, 15) is 14.4 Å². The molecule has 3 aromatic carbocycles. The van der Waals surface area contributed by atoms with E-state index in [-0.39, 0.29) is 5.91 Å². The van der Waals surface area contributed by atoms with Gasteiger partial charge in [0.2, 0.25) is 0 Å². The maximum Gasteiger partial charge on any atom is 0.408 e. The largest absolute Gasteiger partial charge is 0.467 e. The van der Waals surface area contributed by atoms with Crippen LogP contribution in [0.5, 0.6) is 0 Å². The zero-order valence-corrected chi connectivity index (χ0v) is 20.1. The lowest BCUT2D eigenvalue weighted by Gasteiger charge is -2.22. The summed E-state index contributed by atoms with van der Waals surface area (Å²) in [6, 6.07) is 17.0. The second-order valence-electron chi connectivity index (χ2n) is 9.17. The first-order chi connectivity index (χ1) is 16.2. The molecule has 1 atom stereocenters. The lowest BCUT2D eigenvalue weighted by atomic mass is 9.96. The van der Waals surface area contributed by atoms with Crippen LogP contribution < -0.4 is 10.6 Å². The lowest BCUT2D eigenvalue weighted by Crippen LogP contribution is -2.44. The van der Waals surface area contributed by atoms with Crippen molar-refractivity contribution in [2.75, 3.05) is 13.7 Å². The van der Waals surface area contributed by atoms with Crippen LogP contribution in [0, 0.1) is 0 Å². The third kappa shape index (κ3) is 6.47. The summed E-state index contributed by atoms with van der Waals surface area (Å²) in [7, 11) is 1.28. The predicted molar refractivity (Wildman–Crippen MR) is 133 cm³/mol. The molecule has 0 saturated heterocycles. The van der Waals surface area contributed by atoms with E-state index < -0.39 is 23.7 Å². The normalized spacial score (nSPS) is 12.2. The van der Waals surface area contributed by atoms with Crippen molar-refractivity contribution >= 4 is 39.5 Å². The first-order valence-electron chi connectivity index (χ1n) is 11.5. The molecule has 0 aliphatic carbocycles. The van der Waals surface area contributed by atoms with Crippen LogP contribution in [0.2, 0.25) is 0 Å². The average molecular weight is 465 g/mol. The number of esters is 1. The van der Waals surface area contributed by atoms with Crippen molar-refractivity contribution in [2.45, 2.75) is 51.7 Å². The third-order valence-electron chi connectivity index (χ3n) is 5.38. The number of unbranched alkanes of at least 4 members (excludes halogenated alkanes) is 1. The Morgan fingerprint density at radius 2 is 1.50 bits per heavy atom. The molecule has 2 N–H and O–H groups in total. The van der Waals surface area contributed by atoms with Crippen molar-refractivity contribution in [3.05, 3.63) is 60.2 Å². The minimum Gasteiger partial charge on any atom is -0.467 e. The summed E-state index contributed by atoms with van der Waals surface area (Å²) in [4.78, 5) is 37.2. The van der Waals surface area contributed by atoms with E-state index in [2.05, 4.69) is 16.7 Å². The number of methoxy groups -OCH3 is 1. The Hall–Kier alpha value is -3.61. The van der Waals surface area contributed by atoms with Crippen LogP contribution in [-0.2, 0) is 14.3 Å². The van der Waals surface area contributed by atoms with Gasteiger partial charge in [-0.3, -0.25) is 4.79 Å². The van der Waals surface area contributed by atoms with Crippen molar-refractivity contribution in [3.63, 3.8) is 0 Å². The number of alkyl carbamates (subject to hydrolysis) is 1. The minimum atomic E-state index is -0.808. The Morgan fingerprint density at radius 1 is 0.912 bits per heavy atom. The number of hydrogen-bond acceptors (Lipinski definition) is 5. The second kappa shape index (κ2) is 11.0. The smallest absolute Gasteiger partial charge is 0.408 e. The fourth-order valence-electron chi connectivity index (χ4n) is 3.86. The Labute approximate surface area is 199 Å². The van der Waals surface area contributed by atoms with Gasteiger partial charge in [0.25, 0.3) is 5.91 Å². The molecule has 7 heteroatoms. The van der Waals surface area contributed by atoms with E-state index in [1.807, 2.05) is 48.5 Å². The van der Waals surface area contributed by atoms with Crippen molar-refractivity contribution in [2.24, 2.45) is 0 Å². The van der Waals surface area contributed by atoms with Crippen molar-refractivity contribution < 1.29 is 23.9 Å². The molecule has 0 bridgehead atoms. The van der Waals surface area contributed by atoms with Gasteiger partial charge in [-0.15, -0.1) is 0 Å². The van der Waals surface area contributed by atoms with E-state index in [4.69, 9.17) is 9.47 Å². The zero-order chi connectivity index (χ0) is 24.7. The van der Waals surface area contributed by atoms with Gasteiger partial charge in [0.1, 0.15) is 11.6 Å². The lowest BCUT2D eigenvalue weighted by molar-refractivity contribution is -0.143. The van der Waals surface area contributed by atoms with Crippen LogP contribution in [0.15, 0.2) is 54.6 Å². The minimum absolute atomic E-state index is 0.135. The molecule has 2 amide bonds. The van der Waals surface area contributed by atoms with E-state index in [1.54, 1.807) is 20.8 Å². The Bertz CT molecular complexity index is 1130. The number of benzene rings is 3. The number of ether oxygens (including phenoxy) is 2. The van der Waals surface area contributed by atoms with Gasteiger partial charge in [-0.2, -0.15) is 0 Å². The molecule has 0 aromatic heterocycles. The van der Waals surface area contributed by atoms with Gasteiger partial charge in [-0.25, -0.2) is 9.59 Å². The van der Waals surface area contributed by atoms with Crippen molar-refractivity contribution in [1.82, 2.24) is 10.6 Å². The number of carbonyl (C=O) groups excluding carboxylic acids is 3. The fourth-order valence-corrected chi connectivity index (χ4v) is 3.86. The van der Waals surface area contributed by atoms with E-state index in [0.29, 0.717) is 31.4 Å². The summed E-state index contributed by atoms with van der Waals surface area (Å²) in [5, 5.41) is 9.42. The van der Waals surface area contributed by atoms with E-state index in [0.717, 1.165) is 21.5 Å². The van der Waals surface area contributed by atoms with Crippen molar-refractivity contribution in [1.29, 1.82) is 0 Å². The fraction of sp³-hybridized carbons (Fsp3) is 0.370. The highest BCUT2D eigenvalue weighted by molar-refractivity contribution is 6.18. The summed E-state index contributed by atoms with van der Waals surface area (Å²) in [5.41, 5.74) is -0.00592. The molecule has 0 radical (unpaired) electrons. The standard InChI is InChI=1S/C27H32N2O5/c1-27(2,3)34-26(32)29-22(25(31)33-4)15-9-10-16-28-24(30)23-20-13-7-5-11-18(20)17-19-12-6-8-14-21(19)23/h5-8,11-14,17,22H,9-10,15-16H2,1-4H3,(H,28,30)(H,29,32)/t22-/m0/s1. The van der Waals surface area contributed by atoms with Crippen LogP contribution in [0.3, 0.4) is 0 Å². The molecule has 3 aromatic rings. The van der Waals surface area contributed by atoms with Gasteiger partial charge in [0, 0.05) is 6.54 Å². The Balaban J connectivity index is 1.60. The molecule has 0 aliphatic rings. The Kier molecular flexibility index (Phi) is 8.10. The molecule has 34 heavy (non-hydrogen) atoms. The van der Waals surface area contributed by atoms with Gasteiger partial charge < -0.3 is 20.1 Å². The first kappa shape index (κ1) is 25.0. The molecule has 180 valence electrons. The molecule has 0 saturated carbocycles. The molecule has 3 rings (SSSR count). The number of carbonyl (C=O) groups is 3. The summed E-state index contributed by atoms with van der Waals surface area (Å²) in [6.07, 6.45) is 0.947. The van der Waals surface area contributed by atoms with Gasteiger partial charge in [0.05, 0.1) is 12.7 Å². The van der Waals surface area contributed by atoms with E-state index >= 15 is 0 Å². The highest BCUT2D eigenvalue weighted by Gasteiger charge is 2.24. The third-order valence-corrected chi connectivity index (χ3v) is 5.38. The summed E-state index contributed by atoms with van der Waals surface area (Å²) >= 11 is 0. The molecule has 0 heterocycles. The summed E-state index contributed by atoms with van der Waals surface area (Å²) < 4.78 is 10.0. The van der Waals surface area contributed by atoms with Gasteiger partial charge in [0.15, 0.2) is 0 Å². The van der Waals surface area contributed by atoms with Gasteiger partial charge in [-0.1, -0.05) is 48.5 Å². The topological polar surface area (TPSA) is 93.7 Å². The predicted octanol–water partition coefficient (Wildman–Crippen LogP) is 4.96. The zero-order valence-electron chi connectivity index (χ0n) is 20.1. The SMILES string of the molecule is COC(=O)[C@H](CCCCNC(=O)c1c2ccccc2cc2ccccc12)NC(=O)OC(C)(C)C. The first-order valence-corrected chi connectivity index (χ1v) is 11.5. The molecule has 7 nitrogen and oxygen atoms in total. The molecule has 0 spiro atoms. The molecule has 0 aliphatic heterocycles. The summed E-state index contributed by atoms with van der Waals surface area (Å²) in [5.74, 6) is -0.665. The van der Waals surface area contributed by atoms with Gasteiger partial charge >= 0.3 is 12.1 Å². The highest BCUT2D eigenvalue weighted by atomic mass is 16.6. The van der Waals surface area contributed by atoms with Crippen molar-refractivity contribution in [3.8, 4) is 0 Å². The maximum atomic E-state index is 13.1. The van der Waals surface area contributed by atoms with Crippen LogP contribution in [0.4, 0.5) is 4.79 Å². The number of nitrogens with one attached hydrogen (secondary N) is 2. The van der Waals surface area contributed by atoms with Crippen LogP contribution >= 0.6 is 0 Å². The van der Waals surface area contributed by atoms with Crippen LogP contribution in [0.25, 0.3) is 21.5 Å². The number of amides is 2. The van der Waals surface area contributed by atoms with Gasteiger partial charge in [-0.05, 0) is 67.6 Å². The molecule has 0 unspecified atom stereocenters. The number of rotatable bonds is 8. The molecular weight excluding hydrogens is 432 g/mol. The maximum absolute atomic E-state index is 13.1. The Morgan fingerprint density at radius 3 is 2.06 bits per heavy atom. The van der Waals surface area contributed by atoms with E-state index in [1.165, 1.54) is 7.11 Å². The summed E-state index contributed by atoms with van der Waals surface area (Å²) in [6.45, 7) is 5.70. The second-order valence-corrected chi connectivity index (χ2v) is 9.17. The van der Waals surface area contributed by atoms with Crippen LogP contribution in [0.1, 0.15) is 50.4 Å². The quantitative estimate of drug-likeness (QED) is 0.279.